The average molecular weight is 283 g/mol. The van der Waals surface area contributed by atoms with E-state index in [2.05, 4.69) is 21.7 Å². The second kappa shape index (κ2) is 6.88. The quantitative estimate of drug-likeness (QED) is 0.886. The van der Waals surface area contributed by atoms with Crippen LogP contribution in [0, 0.1) is 13.8 Å². The Morgan fingerprint density at radius 1 is 1.19 bits per heavy atom. The van der Waals surface area contributed by atoms with Crippen LogP contribution in [0.1, 0.15) is 34.1 Å². The van der Waals surface area contributed by atoms with Gasteiger partial charge in [0, 0.05) is 24.0 Å². The molecule has 0 bridgehead atoms. The molecule has 0 aliphatic carbocycles. The second-order valence-corrected chi connectivity index (χ2v) is 5.07. The first-order valence-corrected chi connectivity index (χ1v) is 7.14. The number of carbonyl (C=O) groups excluding carboxylic acids is 1. The van der Waals surface area contributed by atoms with Crippen molar-refractivity contribution in [2.45, 2.75) is 27.3 Å². The highest BCUT2D eigenvalue weighted by atomic mass is 16.1. The Morgan fingerprint density at radius 2 is 2.00 bits per heavy atom. The third-order valence-corrected chi connectivity index (χ3v) is 3.26. The Labute approximate surface area is 125 Å². The van der Waals surface area contributed by atoms with Gasteiger partial charge in [-0.3, -0.25) is 9.78 Å². The van der Waals surface area contributed by atoms with Gasteiger partial charge in [0.2, 0.25) is 0 Å². The van der Waals surface area contributed by atoms with E-state index in [1.165, 1.54) is 0 Å². The molecule has 2 N–H and O–H groups in total. The maximum atomic E-state index is 11.8. The molecular formula is C17H21N3O. The minimum Gasteiger partial charge on any atom is -0.379 e. The summed E-state index contributed by atoms with van der Waals surface area (Å²) in [6.07, 6.45) is 1.86. The molecule has 0 unspecified atom stereocenters. The van der Waals surface area contributed by atoms with Crippen LogP contribution in [-0.4, -0.2) is 17.4 Å². The van der Waals surface area contributed by atoms with E-state index in [4.69, 9.17) is 0 Å². The number of pyridine rings is 1. The molecule has 0 saturated carbocycles. The minimum atomic E-state index is -0.0349. The highest BCUT2D eigenvalue weighted by Crippen LogP contribution is 2.17. The zero-order valence-electron chi connectivity index (χ0n) is 12.7. The third kappa shape index (κ3) is 4.05. The number of hydrogen-bond donors (Lipinski definition) is 2. The molecule has 0 aliphatic rings. The summed E-state index contributed by atoms with van der Waals surface area (Å²) in [5.74, 6) is -0.0349. The van der Waals surface area contributed by atoms with Crippen LogP contribution in [0.5, 0.6) is 0 Å². The monoisotopic (exact) mass is 283 g/mol. The van der Waals surface area contributed by atoms with Crippen molar-refractivity contribution in [3.05, 3.63) is 58.9 Å². The smallest absolute Gasteiger partial charge is 0.251 e. The maximum absolute atomic E-state index is 11.8. The van der Waals surface area contributed by atoms with Gasteiger partial charge in [0.1, 0.15) is 0 Å². The summed E-state index contributed by atoms with van der Waals surface area (Å²) in [5.41, 5.74) is 4.90. The predicted molar refractivity (Wildman–Crippen MR) is 85.5 cm³/mol. The van der Waals surface area contributed by atoms with E-state index in [9.17, 15) is 4.79 Å². The fourth-order valence-corrected chi connectivity index (χ4v) is 2.05. The van der Waals surface area contributed by atoms with Gasteiger partial charge >= 0.3 is 0 Å². The number of nitrogens with one attached hydrogen (secondary N) is 2. The van der Waals surface area contributed by atoms with E-state index < -0.39 is 0 Å². The number of rotatable bonds is 5. The van der Waals surface area contributed by atoms with Crippen molar-refractivity contribution in [1.82, 2.24) is 10.3 Å². The van der Waals surface area contributed by atoms with Crippen LogP contribution in [0.25, 0.3) is 0 Å². The molecule has 1 heterocycles. The van der Waals surface area contributed by atoms with E-state index in [0.29, 0.717) is 18.7 Å². The van der Waals surface area contributed by atoms with Crippen molar-refractivity contribution in [1.29, 1.82) is 0 Å². The molecule has 0 atom stereocenters. The summed E-state index contributed by atoms with van der Waals surface area (Å²) in [7, 11) is 0. The normalized spacial score (nSPS) is 10.2. The number of aromatic nitrogens is 1. The first-order valence-electron chi connectivity index (χ1n) is 7.14. The molecule has 0 spiro atoms. The molecule has 4 nitrogen and oxygen atoms in total. The Balaban J connectivity index is 2.04. The van der Waals surface area contributed by atoms with Gasteiger partial charge in [0.15, 0.2) is 0 Å². The van der Waals surface area contributed by atoms with Crippen LogP contribution in [0.2, 0.25) is 0 Å². The van der Waals surface area contributed by atoms with Crippen molar-refractivity contribution >= 4 is 11.6 Å². The summed E-state index contributed by atoms with van der Waals surface area (Å²) in [6.45, 7) is 7.23. The lowest BCUT2D eigenvalue weighted by Crippen LogP contribution is -2.22. The van der Waals surface area contributed by atoms with Gasteiger partial charge in [-0.25, -0.2) is 0 Å². The van der Waals surface area contributed by atoms with Crippen molar-refractivity contribution in [2.75, 3.05) is 11.9 Å². The SMILES string of the molecule is CCNC(=O)c1ccc(NCc2ccc(C)cn2)c(C)c1. The van der Waals surface area contributed by atoms with Gasteiger partial charge in [-0.05, 0) is 56.2 Å². The number of anilines is 1. The largest absolute Gasteiger partial charge is 0.379 e. The first kappa shape index (κ1) is 15.0. The van der Waals surface area contributed by atoms with Crippen LogP contribution in [0.4, 0.5) is 5.69 Å². The first-order chi connectivity index (χ1) is 10.1. The maximum Gasteiger partial charge on any atom is 0.251 e. The van der Waals surface area contributed by atoms with Crippen LogP contribution >= 0.6 is 0 Å². The summed E-state index contributed by atoms with van der Waals surface area (Å²) < 4.78 is 0. The zero-order chi connectivity index (χ0) is 15.2. The second-order valence-electron chi connectivity index (χ2n) is 5.07. The van der Waals surface area contributed by atoms with Crippen LogP contribution in [-0.2, 0) is 6.54 Å². The van der Waals surface area contributed by atoms with E-state index >= 15 is 0 Å². The number of amides is 1. The van der Waals surface area contributed by atoms with Crippen molar-refractivity contribution in [2.24, 2.45) is 0 Å². The van der Waals surface area contributed by atoms with Crippen molar-refractivity contribution < 1.29 is 4.79 Å². The molecule has 0 fully saturated rings. The third-order valence-electron chi connectivity index (χ3n) is 3.26. The fraction of sp³-hybridized carbons (Fsp3) is 0.294. The van der Waals surface area contributed by atoms with Crippen molar-refractivity contribution in [3.63, 3.8) is 0 Å². The molecule has 110 valence electrons. The minimum absolute atomic E-state index is 0.0349. The Morgan fingerprint density at radius 3 is 2.62 bits per heavy atom. The highest BCUT2D eigenvalue weighted by molar-refractivity contribution is 5.94. The summed E-state index contributed by atoms with van der Waals surface area (Å²) in [4.78, 5) is 16.1. The van der Waals surface area contributed by atoms with Gasteiger partial charge in [-0.1, -0.05) is 6.07 Å². The number of carbonyl (C=O) groups is 1. The molecule has 1 aromatic carbocycles. The lowest BCUT2D eigenvalue weighted by Gasteiger charge is -2.11. The number of hydrogen-bond acceptors (Lipinski definition) is 3. The zero-order valence-corrected chi connectivity index (χ0v) is 12.7. The van der Waals surface area contributed by atoms with Gasteiger partial charge in [-0.15, -0.1) is 0 Å². The summed E-state index contributed by atoms with van der Waals surface area (Å²) in [6, 6.07) is 9.74. The van der Waals surface area contributed by atoms with Gasteiger partial charge in [0.25, 0.3) is 5.91 Å². The summed E-state index contributed by atoms with van der Waals surface area (Å²) in [5, 5.41) is 6.15. The molecule has 4 heteroatoms. The van der Waals surface area contributed by atoms with E-state index in [0.717, 1.165) is 22.5 Å². The van der Waals surface area contributed by atoms with Gasteiger partial charge in [-0.2, -0.15) is 0 Å². The van der Waals surface area contributed by atoms with Crippen LogP contribution < -0.4 is 10.6 Å². The molecule has 0 aliphatic heterocycles. The fourth-order valence-electron chi connectivity index (χ4n) is 2.05. The lowest BCUT2D eigenvalue weighted by molar-refractivity contribution is 0.0956. The molecule has 1 aromatic heterocycles. The molecule has 21 heavy (non-hydrogen) atoms. The van der Waals surface area contributed by atoms with Crippen LogP contribution in [0.15, 0.2) is 36.5 Å². The van der Waals surface area contributed by atoms with Crippen LogP contribution in [0.3, 0.4) is 0 Å². The topological polar surface area (TPSA) is 54.0 Å². The molecule has 1 amide bonds. The van der Waals surface area contributed by atoms with E-state index in [1.807, 2.05) is 51.2 Å². The van der Waals surface area contributed by atoms with E-state index in [1.54, 1.807) is 0 Å². The highest BCUT2D eigenvalue weighted by Gasteiger charge is 2.06. The predicted octanol–water partition coefficient (Wildman–Crippen LogP) is 3.06. The molecule has 2 aromatic rings. The van der Waals surface area contributed by atoms with Gasteiger partial charge < -0.3 is 10.6 Å². The Bertz CT molecular complexity index is 620. The molecule has 0 radical (unpaired) electrons. The van der Waals surface area contributed by atoms with E-state index in [-0.39, 0.29) is 5.91 Å². The summed E-state index contributed by atoms with van der Waals surface area (Å²) >= 11 is 0. The standard InChI is InChI=1S/C17H21N3O/c1-4-18-17(21)14-6-8-16(13(3)9-14)20-11-15-7-5-12(2)10-19-15/h5-10,20H,4,11H2,1-3H3,(H,18,21). The Hall–Kier alpha value is -2.36. The lowest BCUT2D eigenvalue weighted by atomic mass is 10.1. The average Bonchev–Trinajstić information content (AvgIpc) is 2.48. The van der Waals surface area contributed by atoms with Crippen molar-refractivity contribution in [3.8, 4) is 0 Å². The number of aryl methyl sites for hydroxylation is 2. The van der Waals surface area contributed by atoms with Gasteiger partial charge in [0.05, 0.1) is 12.2 Å². The molecule has 0 saturated heterocycles. The number of nitrogens with zero attached hydrogens (tertiary/aromatic N) is 1. The number of benzene rings is 1. The molecule has 2 rings (SSSR count). The Kier molecular flexibility index (Phi) is 4.93. The molecular weight excluding hydrogens is 262 g/mol.